The number of epoxide rings is 1. The minimum Gasteiger partial charge on any atom is -0.374 e. The first-order valence-electron chi connectivity index (χ1n) is 7.04. The monoisotopic (exact) mass is 294 g/mol. The molecule has 6 nitrogen and oxygen atoms in total. The van der Waals surface area contributed by atoms with Crippen molar-refractivity contribution < 1.29 is 27.8 Å². The lowest BCUT2D eigenvalue weighted by Gasteiger charge is -2.28. The second kappa shape index (κ2) is 9.81. The van der Waals surface area contributed by atoms with E-state index in [9.17, 15) is 0 Å². The molecule has 0 saturated carbocycles. The molecule has 1 aliphatic heterocycles. The summed E-state index contributed by atoms with van der Waals surface area (Å²) in [7, 11) is -2.53. The fourth-order valence-electron chi connectivity index (χ4n) is 1.70. The highest BCUT2D eigenvalue weighted by Gasteiger charge is 2.39. The Balaban J connectivity index is 2.17. The van der Waals surface area contributed by atoms with Gasteiger partial charge in [0.1, 0.15) is 12.7 Å². The summed E-state index contributed by atoms with van der Waals surface area (Å²) in [5.41, 5.74) is 0. The van der Waals surface area contributed by atoms with Gasteiger partial charge < -0.3 is 18.0 Å². The van der Waals surface area contributed by atoms with E-state index in [0.717, 1.165) is 19.1 Å². The maximum atomic E-state index is 5.74. The molecular weight excluding hydrogens is 268 g/mol. The van der Waals surface area contributed by atoms with Crippen molar-refractivity contribution in [3.63, 3.8) is 0 Å². The molecule has 7 heteroatoms. The van der Waals surface area contributed by atoms with E-state index in [-0.39, 0.29) is 6.10 Å². The summed E-state index contributed by atoms with van der Waals surface area (Å²) < 4.78 is 22.2. The summed E-state index contributed by atoms with van der Waals surface area (Å²) in [6, 6.07) is 0.742. The summed E-state index contributed by atoms with van der Waals surface area (Å²) in [6.07, 6.45) is 1.02. The Labute approximate surface area is 116 Å². The predicted octanol–water partition coefficient (Wildman–Crippen LogP) is 1.77. The van der Waals surface area contributed by atoms with Crippen molar-refractivity contribution in [2.45, 2.75) is 39.3 Å². The van der Waals surface area contributed by atoms with E-state index in [1.54, 1.807) is 0 Å². The second-order valence-corrected chi connectivity index (χ2v) is 6.88. The maximum absolute atomic E-state index is 5.74. The van der Waals surface area contributed by atoms with Crippen molar-refractivity contribution in [3.8, 4) is 0 Å². The van der Waals surface area contributed by atoms with Gasteiger partial charge in [0.2, 0.25) is 0 Å². The zero-order valence-corrected chi connectivity index (χ0v) is 13.2. The van der Waals surface area contributed by atoms with E-state index in [0.29, 0.717) is 33.0 Å². The van der Waals surface area contributed by atoms with Crippen LogP contribution < -0.4 is 0 Å². The first-order valence-corrected chi connectivity index (χ1v) is 8.97. The Hall–Kier alpha value is -0.0231. The first-order chi connectivity index (χ1) is 9.26. The van der Waals surface area contributed by atoms with Crippen LogP contribution in [0.2, 0.25) is 6.04 Å². The van der Waals surface area contributed by atoms with Gasteiger partial charge in [-0.05, 0) is 27.2 Å². The van der Waals surface area contributed by atoms with Crippen LogP contribution in [0.1, 0.15) is 27.2 Å². The highest BCUT2D eigenvalue weighted by molar-refractivity contribution is 6.60. The minimum absolute atomic E-state index is 0.226. The van der Waals surface area contributed by atoms with Gasteiger partial charge in [0.05, 0.1) is 13.2 Å². The molecule has 0 spiro atoms. The zero-order chi connectivity index (χ0) is 14.0. The van der Waals surface area contributed by atoms with Crippen LogP contribution >= 0.6 is 0 Å². The van der Waals surface area contributed by atoms with Crippen molar-refractivity contribution in [3.05, 3.63) is 0 Å². The van der Waals surface area contributed by atoms with Crippen LogP contribution in [0.25, 0.3) is 0 Å². The number of hydrogen-bond acceptors (Lipinski definition) is 6. The van der Waals surface area contributed by atoms with Crippen LogP contribution in [0, 0.1) is 0 Å². The van der Waals surface area contributed by atoms with Gasteiger partial charge in [0, 0.05) is 25.9 Å². The summed E-state index contributed by atoms with van der Waals surface area (Å²) in [4.78, 5) is 10.1. The van der Waals surface area contributed by atoms with Gasteiger partial charge in [0.25, 0.3) is 0 Å². The van der Waals surface area contributed by atoms with Crippen molar-refractivity contribution in [2.24, 2.45) is 0 Å². The van der Waals surface area contributed by atoms with Crippen molar-refractivity contribution >= 4 is 8.80 Å². The second-order valence-electron chi connectivity index (χ2n) is 4.15. The lowest BCUT2D eigenvalue weighted by Crippen LogP contribution is -2.46. The Morgan fingerprint density at radius 1 is 1.00 bits per heavy atom. The molecule has 1 rings (SSSR count). The highest BCUT2D eigenvalue weighted by atomic mass is 28.4. The zero-order valence-electron chi connectivity index (χ0n) is 12.2. The molecule has 0 bridgehead atoms. The largest absolute Gasteiger partial charge is 0.501 e. The third-order valence-corrected chi connectivity index (χ3v) is 5.69. The lowest BCUT2D eigenvalue weighted by molar-refractivity contribution is -0.296. The highest BCUT2D eigenvalue weighted by Crippen LogP contribution is 2.18. The number of rotatable bonds is 13. The molecule has 0 radical (unpaired) electrons. The van der Waals surface area contributed by atoms with Gasteiger partial charge in [-0.2, -0.15) is 0 Å². The summed E-state index contributed by atoms with van der Waals surface area (Å²) in [6.45, 7) is 9.45. The van der Waals surface area contributed by atoms with Crippen LogP contribution in [0.4, 0.5) is 0 Å². The topological polar surface area (TPSA) is 58.7 Å². The molecule has 0 aromatic heterocycles. The normalized spacial score (nSPS) is 18.8. The van der Waals surface area contributed by atoms with Crippen molar-refractivity contribution in [1.82, 2.24) is 0 Å². The van der Waals surface area contributed by atoms with Crippen LogP contribution in [-0.4, -0.2) is 54.5 Å². The van der Waals surface area contributed by atoms with Gasteiger partial charge >= 0.3 is 8.80 Å². The molecule has 1 aliphatic rings. The summed E-state index contributed by atoms with van der Waals surface area (Å²) in [5, 5.41) is 0. The number of hydrogen-bond donors (Lipinski definition) is 0. The third-order valence-electron chi connectivity index (χ3n) is 2.54. The summed E-state index contributed by atoms with van der Waals surface area (Å²) >= 11 is 0. The Morgan fingerprint density at radius 2 is 1.58 bits per heavy atom. The Kier molecular flexibility index (Phi) is 8.80. The van der Waals surface area contributed by atoms with Gasteiger partial charge in [-0.3, -0.25) is 0 Å². The van der Waals surface area contributed by atoms with Gasteiger partial charge in [0.15, 0.2) is 0 Å². The average molecular weight is 294 g/mol. The van der Waals surface area contributed by atoms with Crippen molar-refractivity contribution in [1.29, 1.82) is 0 Å². The molecule has 1 heterocycles. The smallest absolute Gasteiger partial charge is 0.374 e. The van der Waals surface area contributed by atoms with E-state index < -0.39 is 8.80 Å². The maximum Gasteiger partial charge on any atom is 0.501 e. The molecular formula is C12H26O6Si. The molecule has 1 fully saturated rings. The SMILES string of the molecule is CCO[Si](CCCOOCC1CO1)(OCC)OCC. The van der Waals surface area contributed by atoms with E-state index in [4.69, 9.17) is 27.8 Å². The fraction of sp³-hybridized carbons (Fsp3) is 1.00. The van der Waals surface area contributed by atoms with Crippen LogP contribution in [0.3, 0.4) is 0 Å². The Morgan fingerprint density at radius 3 is 2.05 bits per heavy atom. The molecule has 0 aromatic carbocycles. The first kappa shape index (κ1) is 17.0. The molecule has 1 atom stereocenters. The van der Waals surface area contributed by atoms with E-state index in [2.05, 4.69) is 0 Å². The molecule has 19 heavy (non-hydrogen) atoms. The van der Waals surface area contributed by atoms with Gasteiger partial charge in [-0.15, -0.1) is 0 Å². The molecule has 0 amide bonds. The third kappa shape index (κ3) is 7.36. The molecule has 1 unspecified atom stereocenters. The van der Waals surface area contributed by atoms with Crippen LogP contribution in [0.15, 0.2) is 0 Å². The fourth-order valence-corrected chi connectivity index (χ4v) is 4.28. The van der Waals surface area contributed by atoms with Crippen molar-refractivity contribution in [2.75, 3.05) is 39.6 Å². The Bertz CT molecular complexity index is 207. The molecule has 0 aliphatic carbocycles. The van der Waals surface area contributed by atoms with Gasteiger partial charge in [-0.1, -0.05) is 0 Å². The molecule has 114 valence electrons. The van der Waals surface area contributed by atoms with E-state index >= 15 is 0 Å². The molecule has 0 N–H and O–H groups in total. The van der Waals surface area contributed by atoms with Gasteiger partial charge in [-0.25, -0.2) is 9.78 Å². The quantitative estimate of drug-likeness (QED) is 0.170. The lowest BCUT2D eigenvalue weighted by atomic mass is 10.5. The van der Waals surface area contributed by atoms with Crippen LogP contribution in [0.5, 0.6) is 0 Å². The van der Waals surface area contributed by atoms with E-state index in [1.807, 2.05) is 20.8 Å². The average Bonchev–Trinajstić information content (AvgIpc) is 3.19. The van der Waals surface area contributed by atoms with Crippen LogP contribution in [-0.2, 0) is 27.8 Å². The predicted molar refractivity (Wildman–Crippen MR) is 71.7 cm³/mol. The number of ether oxygens (including phenoxy) is 1. The summed E-state index contributed by atoms with van der Waals surface area (Å²) in [5.74, 6) is 0. The van der Waals surface area contributed by atoms with E-state index in [1.165, 1.54) is 0 Å². The standard InChI is InChI=1S/C12H26O6Si/c1-4-16-19(17-5-2,18-6-3)9-7-8-14-15-11-12-10-13-12/h12H,4-11H2,1-3H3. The minimum atomic E-state index is -2.53. The molecule has 1 saturated heterocycles. The molecule has 0 aromatic rings.